The Morgan fingerprint density at radius 2 is 1.96 bits per heavy atom. The van der Waals surface area contributed by atoms with E-state index in [9.17, 15) is 8.78 Å². The predicted octanol–water partition coefficient (Wildman–Crippen LogP) is 1.70. The van der Waals surface area contributed by atoms with Gasteiger partial charge in [0.2, 0.25) is 0 Å². The lowest BCUT2D eigenvalue weighted by Crippen LogP contribution is -2.58. The van der Waals surface area contributed by atoms with Crippen molar-refractivity contribution in [2.24, 2.45) is 5.41 Å². The number of alkyl halides is 2. The molecule has 0 radical (unpaired) electrons. The van der Waals surface area contributed by atoms with Crippen molar-refractivity contribution in [1.82, 2.24) is 25.1 Å². The number of anilines is 1. The van der Waals surface area contributed by atoms with Crippen molar-refractivity contribution in [3.63, 3.8) is 0 Å². The average Bonchev–Trinajstić information content (AvgIpc) is 2.87. The fraction of sp³-hybridized carbons (Fsp3) is 0.643. The Hall–Kier alpha value is -1.54. The van der Waals surface area contributed by atoms with Crippen LogP contribution in [0.3, 0.4) is 0 Å². The summed E-state index contributed by atoms with van der Waals surface area (Å²) in [7, 11) is 0. The molecule has 0 amide bonds. The van der Waals surface area contributed by atoms with Crippen LogP contribution in [0.2, 0.25) is 0 Å². The summed E-state index contributed by atoms with van der Waals surface area (Å²) < 4.78 is 26.4. The molecule has 0 bridgehead atoms. The molecule has 1 N–H and O–H groups in total. The molecule has 0 aliphatic carbocycles. The van der Waals surface area contributed by atoms with E-state index < -0.39 is 13.0 Å². The van der Waals surface area contributed by atoms with E-state index in [0.29, 0.717) is 16.6 Å². The molecular formula is C14H19ClF2N6. The number of hydrogen-bond donors (Lipinski definition) is 1. The Morgan fingerprint density at radius 1 is 1.22 bits per heavy atom. The van der Waals surface area contributed by atoms with E-state index >= 15 is 0 Å². The van der Waals surface area contributed by atoms with Gasteiger partial charge >= 0.3 is 0 Å². The van der Waals surface area contributed by atoms with E-state index in [1.807, 2.05) is 0 Å². The number of aromatic nitrogens is 4. The van der Waals surface area contributed by atoms with Crippen molar-refractivity contribution in [3.05, 3.63) is 12.4 Å². The zero-order valence-corrected chi connectivity index (χ0v) is 13.4. The maximum atomic E-state index is 12.6. The van der Waals surface area contributed by atoms with Crippen LogP contribution in [0.25, 0.3) is 11.2 Å². The van der Waals surface area contributed by atoms with Crippen molar-refractivity contribution in [3.8, 4) is 0 Å². The van der Waals surface area contributed by atoms with E-state index in [2.05, 4.69) is 25.3 Å². The number of piperidine rings is 1. The molecule has 9 heteroatoms. The first-order chi connectivity index (χ1) is 10.7. The Balaban J connectivity index is 0.00000156. The highest BCUT2D eigenvalue weighted by Gasteiger charge is 2.39. The number of nitrogens with zero attached hydrogens (tertiary/aromatic N) is 5. The van der Waals surface area contributed by atoms with Crippen molar-refractivity contribution in [2.45, 2.75) is 25.8 Å². The van der Waals surface area contributed by atoms with Gasteiger partial charge in [0.25, 0.3) is 6.43 Å². The van der Waals surface area contributed by atoms with Gasteiger partial charge in [0.1, 0.15) is 17.9 Å². The fourth-order valence-corrected chi connectivity index (χ4v) is 3.30. The van der Waals surface area contributed by atoms with E-state index in [1.54, 1.807) is 6.20 Å². The maximum absolute atomic E-state index is 12.6. The van der Waals surface area contributed by atoms with Crippen LogP contribution in [0.15, 0.2) is 12.4 Å². The molecule has 0 unspecified atom stereocenters. The summed E-state index contributed by atoms with van der Waals surface area (Å²) in [6, 6.07) is 0. The standard InChI is InChI=1S/C14H18F2N6.ClH/c15-11(16)7-22-13-10(5-19-22)18-6-12(20-13)21-3-1-14(2-4-21)8-17-9-14;/h5-6,11,17H,1-4,7-9H2;1H. The first-order valence-electron chi connectivity index (χ1n) is 7.58. The van der Waals surface area contributed by atoms with Gasteiger partial charge in [-0.3, -0.25) is 0 Å². The van der Waals surface area contributed by atoms with Gasteiger partial charge in [0, 0.05) is 26.2 Å². The molecule has 0 atom stereocenters. The van der Waals surface area contributed by atoms with Gasteiger partial charge < -0.3 is 10.2 Å². The second kappa shape index (κ2) is 6.16. The number of rotatable bonds is 3. The average molecular weight is 345 g/mol. The third-order valence-electron chi connectivity index (χ3n) is 4.79. The summed E-state index contributed by atoms with van der Waals surface area (Å²) in [6.45, 7) is 3.63. The Bertz CT molecular complexity index is 677. The molecule has 23 heavy (non-hydrogen) atoms. The number of nitrogens with one attached hydrogen (secondary N) is 1. The minimum absolute atomic E-state index is 0. The molecule has 4 heterocycles. The Morgan fingerprint density at radius 3 is 2.57 bits per heavy atom. The smallest absolute Gasteiger partial charge is 0.258 e. The second-order valence-corrected chi connectivity index (χ2v) is 6.25. The minimum atomic E-state index is -2.45. The molecule has 4 rings (SSSR count). The molecule has 2 fully saturated rings. The highest BCUT2D eigenvalue weighted by atomic mass is 35.5. The summed E-state index contributed by atoms with van der Waals surface area (Å²) >= 11 is 0. The van der Waals surface area contributed by atoms with Gasteiger partial charge in [-0.1, -0.05) is 0 Å². The summed E-state index contributed by atoms with van der Waals surface area (Å²) in [6.07, 6.45) is 3.02. The first kappa shape index (κ1) is 16.3. The minimum Gasteiger partial charge on any atom is -0.355 e. The Kier molecular flexibility index (Phi) is 4.37. The normalized spacial score (nSPS) is 19.9. The van der Waals surface area contributed by atoms with Crippen molar-refractivity contribution in [2.75, 3.05) is 31.1 Å². The van der Waals surface area contributed by atoms with Gasteiger partial charge in [-0.05, 0) is 18.3 Å². The fourth-order valence-electron chi connectivity index (χ4n) is 3.30. The van der Waals surface area contributed by atoms with Crippen molar-refractivity contribution >= 4 is 29.4 Å². The Labute approximate surface area is 138 Å². The quantitative estimate of drug-likeness (QED) is 0.918. The molecule has 0 saturated carbocycles. The van der Waals surface area contributed by atoms with Crippen molar-refractivity contribution in [1.29, 1.82) is 0 Å². The van der Waals surface area contributed by atoms with Crippen LogP contribution in [0, 0.1) is 5.41 Å². The third-order valence-corrected chi connectivity index (χ3v) is 4.79. The predicted molar refractivity (Wildman–Crippen MR) is 85.3 cm³/mol. The van der Waals surface area contributed by atoms with Crippen LogP contribution in [0.4, 0.5) is 14.6 Å². The zero-order chi connectivity index (χ0) is 15.2. The van der Waals surface area contributed by atoms with Crippen LogP contribution in [-0.2, 0) is 6.54 Å². The summed E-state index contributed by atoms with van der Waals surface area (Å²) in [5.74, 6) is 0.755. The van der Waals surface area contributed by atoms with Gasteiger partial charge in [-0.2, -0.15) is 5.10 Å². The van der Waals surface area contributed by atoms with Gasteiger partial charge in [0.15, 0.2) is 5.65 Å². The van der Waals surface area contributed by atoms with Crippen LogP contribution >= 0.6 is 12.4 Å². The van der Waals surface area contributed by atoms with Crippen LogP contribution < -0.4 is 10.2 Å². The number of fused-ring (bicyclic) bond motifs is 1. The number of halogens is 3. The molecule has 1 spiro atoms. The van der Waals surface area contributed by atoms with Crippen LogP contribution in [0.5, 0.6) is 0 Å². The third kappa shape index (κ3) is 2.97. The number of hydrogen-bond acceptors (Lipinski definition) is 5. The van der Waals surface area contributed by atoms with E-state index in [-0.39, 0.29) is 12.4 Å². The molecule has 2 aliphatic heterocycles. The van der Waals surface area contributed by atoms with E-state index in [1.165, 1.54) is 10.9 Å². The van der Waals surface area contributed by atoms with Crippen molar-refractivity contribution < 1.29 is 8.78 Å². The van der Waals surface area contributed by atoms with Gasteiger partial charge in [0.05, 0.1) is 12.4 Å². The van der Waals surface area contributed by atoms with E-state index in [4.69, 9.17) is 0 Å². The highest BCUT2D eigenvalue weighted by Crippen LogP contribution is 2.36. The molecule has 6 nitrogen and oxygen atoms in total. The first-order valence-corrected chi connectivity index (χ1v) is 7.58. The molecule has 2 aliphatic rings. The SMILES string of the molecule is Cl.FC(F)Cn1ncc2ncc(N3CCC4(CC3)CNC4)nc21. The lowest BCUT2D eigenvalue weighted by Gasteiger charge is -2.48. The zero-order valence-electron chi connectivity index (χ0n) is 12.6. The maximum Gasteiger partial charge on any atom is 0.258 e. The molecule has 2 saturated heterocycles. The van der Waals surface area contributed by atoms with Gasteiger partial charge in [-0.15, -0.1) is 12.4 Å². The topological polar surface area (TPSA) is 58.9 Å². The summed E-state index contributed by atoms with van der Waals surface area (Å²) in [4.78, 5) is 11.0. The van der Waals surface area contributed by atoms with Crippen LogP contribution in [-0.4, -0.2) is 52.4 Å². The second-order valence-electron chi connectivity index (χ2n) is 6.25. The van der Waals surface area contributed by atoms with Gasteiger partial charge in [-0.25, -0.2) is 23.4 Å². The molecule has 2 aromatic heterocycles. The summed E-state index contributed by atoms with van der Waals surface area (Å²) in [5, 5.41) is 7.30. The molecule has 2 aromatic rings. The van der Waals surface area contributed by atoms with E-state index in [0.717, 1.165) is 44.8 Å². The lowest BCUT2D eigenvalue weighted by molar-refractivity contribution is 0.123. The molecule has 126 valence electrons. The monoisotopic (exact) mass is 344 g/mol. The summed E-state index contributed by atoms with van der Waals surface area (Å²) in [5.41, 5.74) is 1.45. The lowest BCUT2D eigenvalue weighted by atomic mass is 9.73. The molecule has 0 aromatic carbocycles. The largest absolute Gasteiger partial charge is 0.355 e. The van der Waals surface area contributed by atoms with Crippen LogP contribution in [0.1, 0.15) is 12.8 Å². The highest BCUT2D eigenvalue weighted by molar-refractivity contribution is 5.85. The molecular weight excluding hydrogens is 326 g/mol.